The van der Waals surface area contributed by atoms with Gasteiger partial charge < -0.3 is 10.2 Å². The molecule has 0 saturated heterocycles. The Morgan fingerprint density at radius 3 is 2.86 bits per heavy atom. The summed E-state index contributed by atoms with van der Waals surface area (Å²) >= 11 is 0. The highest BCUT2D eigenvalue weighted by Crippen LogP contribution is 2.34. The van der Waals surface area contributed by atoms with Gasteiger partial charge in [-0.1, -0.05) is 18.2 Å². The van der Waals surface area contributed by atoms with E-state index in [0.717, 1.165) is 24.3 Å². The summed E-state index contributed by atoms with van der Waals surface area (Å²) in [6, 6.07) is 12.1. The molecule has 108 valence electrons. The summed E-state index contributed by atoms with van der Waals surface area (Å²) in [6.45, 7) is 2.59. The Kier molecular flexibility index (Phi) is 3.71. The standard InChI is InChI=1S/C17H19N3O/c1-12-13(7-5-10-19-12)17(21)20-11-9-15(18-2)14-6-3-4-8-16(14)20/h3-8,10,15,18H,9,11H2,1-2H3. The van der Waals surface area contributed by atoms with Crippen molar-refractivity contribution in [2.24, 2.45) is 0 Å². The Morgan fingerprint density at radius 1 is 1.29 bits per heavy atom. The van der Waals surface area contributed by atoms with Crippen molar-refractivity contribution in [2.45, 2.75) is 19.4 Å². The summed E-state index contributed by atoms with van der Waals surface area (Å²) in [5.41, 5.74) is 3.63. The number of aryl methyl sites for hydroxylation is 1. The van der Waals surface area contributed by atoms with Gasteiger partial charge in [0.25, 0.3) is 5.91 Å². The fourth-order valence-electron chi connectivity index (χ4n) is 2.93. The molecule has 0 aliphatic carbocycles. The van der Waals surface area contributed by atoms with Gasteiger partial charge in [0.05, 0.1) is 5.56 Å². The number of para-hydroxylation sites is 1. The number of amides is 1. The Labute approximate surface area is 124 Å². The van der Waals surface area contributed by atoms with Gasteiger partial charge in [-0.3, -0.25) is 9.78 Å². The van der Waals surface area contributed by atoms with Gasteiger partial charge in [0.15, 0.2) is 0 Å². The SMILES string of the molecule is CNC1CCN(C(=O)c2cccnc2C)c2ccccc21. The Morgan fingerprint density at radius 2 is 2.10 bits per heavy atom. The van der Waals surface area contributed by atoms with Crippen molar-refractivity contribution < 1.29 is 4.79 Å². The number of carbonyl (C=O) groups excluding carboxylic acids is 1. The summed E-state index contributed by atoms with van der Waals surface area (Å²) in [5, 5.41) is 3.32. The van der Waals surface area contributed by atoms with E-state index in [9.17, 15) is 4.79 Å². The lowest BCUT2D eigenvalue weighted by molar-refractivity contribution is 0.0982. The molecule has 0 bridgehead atoms. The quantitative estimate of drug-likeness (QED) is 0.920. The highest BCUT2D eigenvalue weighted by atomic mass is 16.2. The van der Waals surface area contributed by atoms with Crippen molar-refractivity contribution >= 4 is 11.6 Å². The van der Waals surface area contributed by atoms with Gasteiger partial charge in [0.1, 0.15) is 0 Å². The van der Waals surface area contributed by atoms with Crippen LogP contribution >= 0.6 is 0 Å². The number of fused-ring (bicyclic) bond motifs is 1. The number of nitrogens with one attached hydrogen (secondary N) is 1. The van der Waals surface area contributed by atoms with Crippen molar-refractivity contribution in [3.63, 3.8) is 0 Å². The molecule has 0 saturated carbocycles. The van der Waals surface area contributed by atoms with E-state index in [4.69, 9.17) is 0 Å². The highest BCUT2D eigenvalue weighted by molar-refractivity contribution is 6.07. The highest BCUT2D eigenvalue weighted by Gasteiger charge is 2.28. The number of benzene rings is 1. The van der Waals surface area contributed by atoms with Crippen LogP contribution in [0.15, 0.2) is 42.6 Å². The summed E-state index contributed by atoms with van der Waals surface area (Å²) in [6.07, 6.45) is 2.63. The maximum Gasteiger partial charge on any atom is 0.260 e. The molecule has 3 rings (SSSR count). The third kappa shape index (κ3) is 2.43. The molecular formula is C17H19N3O. The molecule has 1 N–H and O–H groups in total. The zero-order valence-electron chi connectivity index (χ0n) is 12.3. The molecule has 1 amide bonds. The normalized spacial score (nSPS) is 17.4. The monoisotopic (exact) mass is 281 g/mol. The minimum Gasteiger partial charge on any atom is -0.313 e. The van der Waals surface area contributed by atoms with E-state index in [1.807, 2.05) is 49.2 Å². The second kappa shape index (κ2) is 5.66. The van der Waals surface area contributed by atoms with Crippen molar-refractivity contribution in [1.82, 2.24) is 10.3 Å². The molecular weight excluding hydrogens is 262 g/mol. The maximum atomic E-state index is 12.8. The van der Waals surface area contributed by atoms with Gasteiger partial charge in [-0.2, -0.15) is 0 Å². The van der Waals surface area contributed by atoms with E-state index in [0.29, 0.717) is 11.6 Å². The first kappa shape index (κ1) is 13.8. The van der Waals surface area contributed by atoms with Crippen LogP contribution in [0, 0.1) is 6.92 Å². The van der Waals surface area contributed by atoms with Crippen LogP contribution in [0.4, 0.5) is 5.69 Å². The van der Waals surface area contributed by atoms with E-state index in [1.165, 1.54) is 5.56 Å². The number of pyridine rings is 1. The van der Waals surface area contributed by atoms with E-state index >= 15 is 0 Å². The lowest BCUT2D eigenvalue weighted by Crippen LogP contribution is -2.39. The summed E-state index contributed by atoms with van der Waals surface area (Å²) in [7, 11) is 1.96. The molecule has 0 radical (unpaired) electrons. The Hall–Kier alpha value is -2.20. The first-order chi connectivity index (χ1) is 10.2. The number of carbonyl (C=O) groups is 1. The van der Waals surface area contributed by atoms with Crippen LogP contribution in [0.5, 0.6) is 0 Å². The molecule has 2 heterocycles. The zero-order chi connectivity index (χ0) is 14.8. The molecule has 4 nitrogen and oxygen atoms in total. The lowest BCUT2D eigenvalue weighted by atomic mass is 9.96. The summed E-state index contributed by atoms with van der Waals surface area (Å²) in [5.74, 6) is 0.0302. The molecule has 4 heteroatoms. The van der Waals surface area contributed by atoms with E-state index in [2.05, 4.69) is 16.4 Å². The maximum absolute atomic E-state index is 12.8. The molecule has 1 aromatic carbocycles. The van der Waals surface area contributed by atoms with Gasteiger partial charge >= 0.3 is 0 Å². The second-order valence-electron chi connectivity index (χ2n) is 5.28. The predicted molar refractivity (Wildman–Crippen MR) is 83.5 cm³/mol. The molecule has 2 aromatic rings. The van der Waals surface area contributed by atoms with Crippen LogP contribution in [-0.2, 0) is 0 Å². The first-order valence-electron chi connectivity index (χ1n) is 7.22. The largest absolute Gasteiger partial charge is 0.313 e. The topological polar surface area (TPSA) is 45.2 Å². The van der Waals surface area contributed by atoms with E-state index in [-0.39, 0.29) is 5.91 Å². The minimum absolute atomic E-state index is 0.0302. The van der Waals surface area contributed by atoms with Crippen molar-refractivity contribution in [3.05, 3.63) is 59.4 Å². The van der Waals surface area contributed by atoms with Crippen LogP contribution in [0.1, 0.15) is 34.1 Å². The van der Waals surface area contributed by atoms with Crippen molar-refractivity contribution in [3.8, 4) is 0 Å². The number of hydrogen-bond donors (Lipinski definition) is 1. The van der Waals surface area contributed by atoms with Crippen molar-refractivity contribution in [2.75, 3.05) is 18.5 Å². The van der Waals surface area contributed by atoms with Gasteiger partial charge in [0.2, 0.25) is 0 Å². The molecule has 1 atom stereocenters. The number of hydrogen-bond acceptors (Lipinski definition) is 3. The van der Waals surface area contributed by atoms with Gasteiger partial charge in [0, 0.05) is 30.2 Å². The van der Waals surface area contributed by atoms with Crippen LogP contribution in [-0.4, -0.2) is 24.5 Å². The summed E-state index contributed by atoms with van der Waals surface area (Å²) < 4.78 is 0. The fourth-order valence-corrected chi connectivity index (χ4v) is 2.93. The minimum atomic E-state index is 0.0302. The smallest absolute Gasteiger partial charge is 0.260 e. The van der Waals surface area contributed by atoms with Gasteiger partial charge in [-0.25, -0.2) is 0 Å². The van der Waals surface area contributed by atoms with Crippen molar-refractivity contribution in [1.29, 1.82) is 0 Å². The Bertz CT molecular complexity index is 669. The number of anilines is 1. The Balaban J connectivity index is 2.01. The second-order valence-corrected chi connectivity index (χ2v) is 5.28. The van der Waals surface area contributed by atoms with Gasteiger partial charge in [-0.15, -0.1) is 0 Å². The molecule has 0 spiro atoms. The molecule has 1 aliphatic heterocycles. The third-order valence-corrected chi connectivity index (χ3v) is 4.08. The predicted octanol–water partition coefficient (Wildman–Crippen LogP) is 2.70. The van der Waals surface area contributed by atoms with Crippen LogP contribution in [0.25, 0.3) is 0 Å². The average molecular weight is 281 g/mol. The van der Waals surface area contributed by atoms with Crippen LogP contribution < -0.4 is 10.2 Å². The van der Waals surface area contributed by atoms with E-state index in [1.54, 1.807) is 6.20 Å². The van der Waals surface area contributed by atoms with Crippen LogP contribution in [0.3, 0.4) is 0 Å². The molecule has 1 unspecified atom stereocenters. The number of rotatable bonds is 2. The fraction of sp³-hybridized carbons (Fsp3) is 0.294. The number of aromatic nitrogens is 1. The first-order valence-corrected chi connectivity index (χ1v) is 7.22. The zero-order valence-corrected chi connectivity index (χ0v) is 12.3. The third-order valence-electron chi connectivity index (χ3n) is 4.08. The molecule has 1 aliphatic rings. The van der Waals surface area contributed by atoms with Gasteiger partial charge in [-0.05, 0) is 44.2 Å². The number of nitrogens with zero attached hydrogens (tertiary/aromatic N) is 2. The van der Waals surface area contributed by atoms with E-state index < -0.39 is 0 Å². The summed E-state index contributed by atoms with van der Waals surface area (Å²) in [4.78, 5) is 18.9. The molecule has 1 aromatic heterocycles. The lowest BCUT2D eigenvalue weighted by Gasteiger charge is -2.34. The molecule has 21 heavy (non-hydrogen) atoms. The molecule has 0 fully saturated rings. The van der Waals surface area contributed by atoms with Crippen LogP contribution in [0.2, 0.25) is 0 Å². The average Bonchev–Trinajstić information content (AvgIpc) is 2.53.